The lowest BCUT2D eigenvalue weighted by molar-refractivity contribution is -0.131. The molecule has 7 heteroatoms. The number of benzene rings is 1. The molecule has 0 spiro atoms. The summed E-state index contributed by atoms with van der Waals surface area (Å²) in [5, 5.41) is 9.80. The van der Waals surface area contributed by atoms with Crippen LogP contribution in [-0.4, -0.2) is 61.9 Å². The van der Waals surface area contributed by atoms with E-state index in [1.54, 1.807) is 0 Å². The van der Waals surface area contributed by atoms with E-state index in [-0.39, 0.29) is 5.91 Å². The number of carbonyl (C=O) groups is 1. The van der Waals surface area contributed by atoms with Crippen molar-refractivity contribution in [2.75, 3.05) is 25.4 Å². The Bertz CT molecular complexity index is 803. The molecule has 156 valence electrons. The van der Waals surface area contributed by atoms with E-state index in [0.29, 0.717) is 11.8 Å². The van der Waals surface area contributed by atoms with Gasteiger partial charge < -0.3 is 4.90 Å². The number of nitrogens with zero attached hydrogens (tertiary/aromatic N) is 5. The molecule has 0 saturated carbocycles. The Morgan fingerprint density at radius 1 is 1.03 bits per heavy atom. The van der Waals surface area contributed by atoms with Crippen molar-refractivity contribution in [1.29, 1.82) is 0 Å². The van der Waals surface area contributed by atoms with Gasteiger partial charge in [0.1, 0.15) is 0 Å². The van der Waals surface area contributed by atoms with Gasteiger partial charge in [0.15, 0.2) is 11.0 Å². The fraction of sp³-hybridized carbons (Fsp3) is 0.591. The molecule has 0 bridgehead atoms. The molecule has 0 N–H and O–H groups in total. The summed E-state index contributed by atoms with van der Waals surface area (Å²) < 4.78 is 2.13. The third-order valence-electron chi connectivity index (χ3n) is 5.98. The van der Waals surface area contributed by atoms with E-state index in [0.717, 1.165) is 55.7 Å². The molecule has 2 aliphatic heterocycles. The fourth-order valence-corrected chi connectivity index (χ4v) is 5.18. The fourth-order valence-electron chi connectivity index (χ4n) is 4.33. The molecule has 3 heterocycles. The van der Waals surface area contributed by atoms with E-state index in [1.165, 1.54) is 37.4 Å². The van der Waals surface area contributed by atoms with Gasteiger partial charge in [0, 0.05) is 18.3 Å². The Kier molecular flexibility index (Phi) is 6.87. The number of hydrogen-bond acceptors (Lipinski definition) is 5. The number of likely N-dealkylation sites (tertiary alicyclic amines) is 2. The first-order chi connectivity index (χ1) is 14.2. The van der Waals surface area contributed by atoms with E-state index >= 15 is 0 Å². The predicted octanol–water partition coefficient (Wildman–Crippen LogP) is 3.75. The molecule has 2 aromatic rings. The van der Waals surface area contributed by atoms with Crippen LogP contribution >= 0.6 is 11.8 Å². The number of piperidine rings is 2. The van der Waals surface area contributed by atoms with Gasteiger partial charge in [-0.15, -0.1) is 10.2 Å². The molecule has 2 saturated heterocycles. The lowest BCUT2D eigenvalue weighted by Crippen LogP contribution is -2.43. The normalized spacial score (nSPS) is 20.7. The summed E-state index contributed by atoms with van der Waals surface area (Å²) in [5.41, 5.74) is 1.06. The van der Waals surface area contributed by atoms with Crippen LogP contribution in [0.2, 0.25) is 0 Å². The van der Waals surface area contributed by atoms with E-state index in [9.17, 15) is 4.79 Å². The van der Waals surface area contributed by atoms with Crippen molar-refractivity contribution in [3.05, 3.63) is 36.2 Å². The summed E-state index contributed by atoms with van der Waals surface area (Å²) >= 11 is 1.51. The van der Waals surface area contributed by atoms with Gasteiger partial charge in [-0.05, 0) is 64.3 Å². The molecule has 1 aromatic carbocycles. The second-order valence-corrected chi connectivity index (χ2v) is 9.07. The number of hydrogen-bond donors (Lipinski definition) is 0. The van der Waals surface area contributed by atoms with Crippen LogP contribution in [0.15, 0.2) is 35.5 Å². The number of para-hydroxylation sites is 1. The average molecular weight is 414 g/mol. The van der Waals surface area contributed by atoms with Crippen LogP contribution in [0.1, 0.15) is 51.3 Å². The standard InChI is InChI=1S/C22H31N5OS/c1-18-10-6-9-15-26(18)21(28)17-29-22-24-23-20(16-25-13-7-3-8-14-25)27(22)19-11-4-2-5-12-19/h2,4-5,11-12,18H,3,6-10,13-17H2,1H3. The van der Waals surface area contributed by atoms with Crippen molar-refractivity contribution in [3.63, 3.8) is 0 Å². The Labute approximate surface area is 177 Å². The van der Waals surface area contributed by atoms with E-state index < -0.39 is 0 Å². The molecule has 0 radical (unpaired) electrons. The summed E-state index contributed by atoms with van der Waals surface area (Å²) in [7, 11) is 0. The zero-order valence-electron chi connectivity index (χ0n) is 17.3. The highest BCUT2D eigenvalue weighted by molar-refractivity contribution is 7.99. The second kappa shape index (κ2) is 9.76. The zero-order chi connectivity index (χ0) is 20.1. The van der Waals surface area contributed by atoms with Gasteiger partial charge in [0.2, 0.25) is 5.91 Å². The summed E-state index contributed by atoms with van der Waals surface area (Å²) in [6.07, 6.45) is 7.27. The molecule has 1 amide bonds. The van der Waals surface area contributed by atoms with Gasteiger partial charge in [-0.25, -0.2) is 0 Å². The maximum atomic E-state index is 12.8. The topological polar surface area (TPSA) is 54.3 Å². The number of aromatic nitrogens is 3. The number of carbonyl (C=O) groups excluding carboxylic acids is 1. The average Bonchev–Trinajstić information content (AvgIpc) is 3.16. The minimum atomic E-state index is 0.211. The summed E-state index contributed by atoms with van der Waals surface area (Å²) in [6.45, 7) is 6.08. The van der Waals surface area contributed by atoms with Crippen LogP contribution in [0.3, 0.4) is 0 Å². The Hall–Kier alpha value is -1.86. The van der Waals surface area contributed by atoms with E-state index in [1.807, 2.05) is 23.1 Å². The Morgan fingerprint density at radius 3 is 2.55 bits per heavy atom. The molecule has 1 aromatic heterocycles. The van der Waals surface area contributed by atoms with Crippen LogP contribution in [0.4, 0.5) is 0 Å². The maximum absolute atomic E-state index is 12.8. The van der Waals surface area contributed by atoms with Gasteiger partial charge in [0.05, 0.1) is 12.3 Å². The lowest BCUT2D eigenvalue weighted by atomic mass is 10.0. The molecule has 2 aliphatic rings. The van der Waals surface area contributed by atoms with Crippen molar-refractivity contribution in [1.82, 2.24) is 24.6 Å². The lowest BCUT2D eigenvalue weighted by Gasteiger charge is -2.33. The molecule has 2 fully saturated rings. The first-order valence-electron chi connectivity index (χ1n) is 10.9. The quantitative estimate of drug-likeness (QED) is 0.675. The largest absolute Gasteiger partial charge is 0.339 e. The summed E-state index contributed by atoms with van der Waals surface area (Å²) in [6, 6.07) is 10.6. The number of amides is 1. The minimum absolute atomic E-state index is 0.211. The van der Waals surface area contributed by atoms with Crippen molar-refractivity contribution >= 4 is 17.7 Å². The highest BCUT2D eigenvalue weighted by Gasteiger charge is 2.24. The third-order valence-corrected chi connectivity index (χ3v) is 6.89. The van der Waals surface area contributed by atoms with E-state index in [4.69, 9.17) is 0 Å². The number of rotatable bonds is 6. The highest BCUT2D eigenvalue weighted by Crippen LogP contribution is 2.25. The van der Waals surface area contributed by atoms with Crippen LogP contribution < -0.4 is 0 Å². The van der Waals surface area contributed by atoms with Crippen molar-refractivity contribution < 1.29 is 4.79 Å². The SMILES string of the molecule is CC1CCCCN1C(=O)CSc1nnc(CN2CCCCC2)n1-c1ccccc1. The van der Waals surface area contributed by atoms with Gasteiger partial charge in [-0.3, -0.25) is 14.3 Å². The first-order valence-corrected chi connectivity index (χ1v) is 11.9. The van der Waals surface area contributed by atoms with Crippen molar-refractivity contribution in [2.24, 2.45) is 0 Å². The van der Waals surface area contributed by atoms with Gasteiger partial charge in [0.25, 0.3) is 0 Å². The monoisotopic (exact) mass is 413 g/mol. The summed E-state index contributed by atoms with van der Waals surface area (Å²) in [5.74, 6) is 1.58. The van der Waals surface area contributed by atoms with Crippen molar-refractivity contribution in [2.45, 2.75) is 63.2 Å². The summed E-state index contributed by atoms with van der Waals surface area (Å²) in [4.78, 5) is 17.3. The van der Waals surface area contributed by atoms with Crippen LogP contribution in [0.5, 0.6) is 0 Å². The van der Waals surface area contributed by atoms with Gasteiger partial charge in [-0.2, -0.15) is 0 Å². The molecule has 1 atom stereocenters. The molecule has 1 unspecified atom stereocenters. The molecule has 4 rings (SSSR count). The predicted molar refractivity (Wildman–Crippen MR) is 116 cm³/mol. The highest BCUT2D eigenvalue weighted by atomic mass is 32.2. The molecule has 29 heavy (non-hydrogen) atoms. The second-order valence-electron chi connectivity index (χ2n) is 8.13. The minimum Gasteiger partial charge on any atom is -0.339 e. The smallest absolute Gasteiger partial charge is 0.233 e. The molecular weight excluding hydrogens is 382 g/mol. The Morgan fingerprint density at radius 2 is 1.79 bits per heavy atom. The van der Waals surface area contributed by atoms with Gasteiger partial charge >= 0.3 is 0 Å². The van der Waals surface area contributed by atoms with E-state index in [2.05, 4.69) is 38.7 Å². The van der Waals surface area contributed by atoms with Crippen LogP contribution in [0, 0.1) is 0 Å². The number of thioether (sulfide) groups is 1. The Balaban J connectivity index is 1.50. The van der Waals surface area contributed by atoms with Crippen molar-refractivity contribution in [3.8, 4) is 5.69 Å². The molecule has 6 nitrogen and oxygen atoms in total. The zero-order valence-corrected chi connectivity index (χ0v) is 18.1. The maximum Gasteiger partial charge on any atom is 0.233 e. The molecular formula is C22H31N5OS. The molecule has 0 aliphatic carbocycles. The van der Waals surface area contributed by atoms with Crippen LogP contribution in [0.25, 0.3) is 5.69 Å². The van der Waals surface area contributed by atoms with Gasteiger partial charge in [-0.1, -0.05) is 36.4 Å². The van der Waals surface area contributed by atoms with Crippen LogP contribution in [-0.2, 0) is 11.3 Å². The first kappa shape index (κ1) is 20.4. The third kappa shape index (κ3) is 5.01.